The minimum absolute atomic E-state index is 0.0476. The quantitative estimate of drug-likeness (QED) is 0.907. The highest BCUT2D eigenvalue weighted by atomic mass is 16.4. The number of aliphatic carboxylic acids is 1. The summed E-state index contributed by atoms with van der Waals surface area (Å²) in [6.07, 6.45) is 0.0476. The van der Waals surface area contributed by atoms with E-state index in [2.05, 4.69) is 9.97 Å². The highest BCUT2D eigenvalue weighted by molar-refractivity contribution is 6.00. The van der Waals surface area contributed by atoms with Gasteiger partial charge in [0.15, 0.2) is 0 Å². The predicted molar refractivity (Wildman–Crippen MR) is 77.1 cm³/mol. The molecule has 2 aromatic rings. The molecule has 0 aliphatic carbocycles. The number of aryl methyl sites for hydroxylation is 2. The van der Waals surface area contributed by atoms with Gasteiger partial charge in [0.25, 0.3) is 0 Å². The van der Waals surface area contributed by atoms with Crippen molar-refractivity contribution in [3.05, 3.63) is 29.6 Å². The number of rotatable bonds is 2. The molecule has 3 rings (SSSR count). The van der Waals surface area contributed by atoms with Crippen LogP contribution in [0.3, 0.4) is 0 Å². The van der Waals surface area contributed by atoms with Gasteiger partial charge in [0, 0.05) is 18.7 Å². The molecule has 21 heavy (non-hydrogen) atoms. The SMILES string of the molecule is Cc1nc2ccc(N3CC(C(=O)O)CC3=O)cc2nc1C. The summed E-state index contributed by atoms with van der Waals surface area (Å²) in [6.45, 7) is 3.99. The van der Waals surface area contributed by atoms with Crippen molar-refractivity contribution in [3.8, 4) is 0 Å². The molecule has 1 aromatic heterocycles. The first-order valence-electron chi connectivity index (χ1n) is 6.74. The number of hydrogen-bond acceptors (Lipinski definition) is 4. The number of amides is 1. The molecule has 1 N–H and O–H groups in total. The van der Waals surface area contributed by atoms with Gasteiger partial charge in [-0.2, -0.15) is 0 Å². The summed E-state index contributed by atoms with van der Waals surface area (Å²) in [5.74, 6) is -1.74. The maximum absolute atomic E-state index is 12.0. The van der Waals surface area contributed by atoms with Crippen molar-refractivity contribution in [2.24, 2.45) is 5.92 Å². The summed E-state index contributed by atoms with van der Waals surface area (Å²) in [4.78, 5) is 33.4. The highest BCUT2D eigenvalue weighted by Crippen LogP contribution is 2.27. The molecule has 6 nitrogen and oxygen atoms in total. The first-order chi connectivity index (χ1) is 9.95. The van der Waals surface area contributed by atoms with Crippen molar-refractivity contribution < 1.29 is 14.7 Å². The number of fused-ring (bicyclic) bond motifs is 1. The lowest BCUT2D eigenvalue weighted by Gasteiger charge is -2.16. The number of carboxylic acid groups (broad SMARTS) is 1. The van der Waals surface area contributed by atoms with E-state index in [1.54, 1.807) is 12.1 Å². The Kier molecular flexibility index (Phi) is 3.08. The second kappa shape index (κ2) is 4.80. The zero-order chi connectivity index (χ0) is 15.1. The van der Waals surface area contributed by atoms with E-state index in [1.165, 1.54) is 4.90 Å². The molecule has 1 amide bonds. The Bertz CT molecular complexity index is 757. The number of benzene rings is 1. The van der Waals surface area contributed by atoms with Gasteiger partial charge in [-0.3, -0.25) is 9.59 Å². The molecule has 0 bridgehead atoms. The molecule has 1 aliphatic heterocycles. The summed E-state index contributed by atoms with van der Waals surface area (Å²) in [5.41, 5.74) is 3.87. The lowest BCUT2D eigenvalue weighted by atomic mass is 10.1. The van der Waals surface area contributed by atoms with Crippen LogP contribution in [-0.2, 0) is 9.59 Å². The zero-order valence-corrected chi connectivity index (χ0v) is 11.8. The van der Waals surface area contributed by atoms with Gasteiger partial charge in [0.1, 0.15) is 0 Å². The normalized spacial score (nSPS) is 18.5. The molecule has 0 radical (unpaired) electrons. The van der Waals surface area contributed by atoms with E-state index >= 15 is 0 Å². The predicted octanol–water partition coefficient (Wildman–Crippen LogP) is 1.68. The van der Waals surface area contributed by atoms with Crippen molar-refractivity contribution in [2.75, 3.05) is 11.4 Å². The molecule has 6 heteroatoms. The van der Waals surface area contributed by atoms with Gasteiger partial charge in [-0.15, -0.1) is 0 Å². The largest absolute Gasteiger partial charge is 0.481 e. The first-order valence-corrected chi connectivity index (χ1v) is 6.74. The van der Waals surface area contributed by atoms with Gasteiger partial charge in [-0.25, -0.2) is 9.97 Å². The van der Waals surface area contributed by atoms with Crippen LogP contribution in [0.15, 0.2) is 18.2 Å². The van der Waals surface area contributed by atoms with E-state index in [4.69, 9.17) is 5.11 Å². The van der Waals surface area contributed by atoms with Crippen LogP contribution < -0.4 is 4.90 Å². The Morgan fingerprint density at radius 1 is 1.24 bits per heavy atom. The third-order valence-electron chi connectivity index (χ3n) is 3.84. The monoisotopic (exact) mass is 285 g/mol. The lowest BCUT2D eigenvalue weighted by Crippen LogP contribution is -2.25. The summed E-state index contributed by atoms with van der Waals surface area (Å²) in [7, 11) is 0. The lowest BCUT2D eigenvalue weighted by molar-refractivity contribution is -0.141. The molecule has 108 valence electrons. The number of aromatic nitrogens is 2. The zero-order valence-electron chi connectivity index (χ0n) is 11.8. The minimum Gasteiger partial charge on any atom is -0.481 e. The van der Waals surface area contributed by atoms with Gasteiger partial charge >= 0.3 is 5.97 Å². The maximum Gasteiger partial charge on any atom is 0.308 e. The number of hydrogen-bond donors (Lipinski definition) is 1. The summed E-state index contributed by atoms with van der Waals surface area (Å²) >= 11 is 0. The molecule has 1 fully saturated rings. The average molecular weight is 285 g/mol. The Morgan fingerprint density at radius 2 is 1.90 bits per heavy atom. The van der Waals surface area contributed by atoms with Crippen LogP contribution in [0.5, 0.6) is 0 Å². The molecule has 1 atom stereocenters. The third kappa shape index (κ3) is 2.33. The molecular formula is C15H15N3O3. The molecule has 1 unspecified atom stereocenters. The Hall–Kier alpha value is -2.50. The van der Waals surface area contributed by atoms with Crippen LogP contribution in [0.25, 0.3) is 11.0 Å². The van der Waals surface area contributed by atoms with Crippen LogP contribution in [0.2, 0.25) is 0 Å². The van der Waals surface area contributed by atoms with E-state index < -0.39 is 11.9 Å². The van der Waals surface area contributed by atoms with Gasteiger partial charge in [-0.1, -0.05) is 0 Å². The van der Waals surface area contributed by atoms with Crippen LogP contribution in [0.4, 0.5) is 5.69 Å². The summed E-state index contributed by atoms with van der Waals surface area (Å²) < 4.78 is 0. The van der Waals surface area contributed by atoms with E-state index in [9.17, 15) is 9.59 Å². The van der Waals surface area contributed by atoms with Crippen molar-refractivity contribution in [2.45, 2.75) is 20.3 Å². The van der Waals surface area contributed by atoms with E-state index in [0.717, 1.165) is 16.9 Å². The molecule has 1 aliphatic rings. The van der Waals surface area contributed by atoms with Gasteiger partial charge < -0.3 is 10.0 Å². The molecule has 2 heterocycles. The smallest absolute Gasteiger partial charge is 0.308 e. The minimum atomic E-state index is -0.932. The standard InChI is InChI=1S/C15H15N3O3/c1-8-9(2)17-13-6-11(3-4-12(13)16-8)18-7-10(15(20)21)5-14(18)19/h3-4,6,10H,5,7H2,1-2H3,(H,20,21). The molecule has 0 saturated carbocycles. The third-order valence-corrected chi connectivity index (χ3v) is 3.84. The Morgan fingerprint density at radius 3 is 2.52 bits per heavy atom. The van der Waals surface area contributed by atoms with E-state index in [1.807, 2.05) is 19.9 Å². The molecule has 1 saturated heterocycles. The van der Waals surface area contributed by atoms with Crippen LogP contribution in [0.1, 0.15) is 17.8 Å². The summed E-state index contributed by atoms with van der Waals surface area (Å²) in [5, 5.41) is 9.03. The average Bonchev–Trinajstić information content (AvgIpc) is 2.82. The van der Waals surface area contributed by atoms with Crippen LogP contribution >= 0.6 is 0 Å². The van der Waals surface area contributed by atoms with Crippen molar-refractivity contribution >= 4 is 28.6 Å². The van der Waals surface area contributed by atoms with Crippen molar-refractivity contribution in [3.63, 3.8) is 0 Å². The maximum atomic E-state index is 12.0. The molecule has 0 spiro atoms. The Labute approximate surface area is 121 Å². The molecule has 1 aromatic carbocycles. The highest BCUT2D eigenvalue weighted by Gasteiger charge is 2.35. The summed E-state index contributed by atoms with van der Waals surface area (Å²) in [6, 6.07) is 5.39. The fourth-order valence-electron chi connectivity index (χ4n) is 2.51. The topological polar surface area (TPSA) is 83.4 Å². The second-order valence-electron chi connectivity index (χ2n) is 5.31. The van der Waals surface area contributed by atoms with Crippen molar-refractivity contribution in [1.82, 2.24) is 9.97 Å². The van der Waals surface area contributed by atoms with Gasteiger partial charge in [-0.05, 0) is 32.0 Å². The molecular weight excluding hydrogens is 270 g/mol. The number of anilines is 1. The number of carbonyl (C=O) groups is 2. The number of nitrogens with zero attached hydrogens (tertiary/aromatic N) is 3. The fourth-order valence-corrected chi connectivity index (χ4v) is 2.51. The second-order valence-corrected chi connectivity index (χ2v) is 5.31. The number of carboxylic acids is 1. The number of carbonyl (C=O) groups excluding carboxylic acids is 1. The van der Waals surface area contributed by atoms with Crippen LogP contribution in [0, 0.1) is 19.8 Å². The van der Waals surface area contributed by atoms with E-state index in [0.29, 0.717) is 11.2 Å². The fraction of sp³-hybridized carbons (Fsp3) is 0.333. The van der Waals surface area contributed by atoms with Crippen LogP contribution in [-0.4, -0.2) is 33.5 Å². The van der Waals surface area contributed by atoms with Gasteiger partial charge in [0.05, 0.1) is 28.3 Å². The first kappa shape index (κ1) is 13.5. The van der Waals surface area contributed by atoms with Crippen molar-refractivity contribution in [1.29, 1.82) is 0 Å². The van der Waals surface area contributed by atoms with E-state index in [-0.39, 0.29) is 18.9 Å². The Balaban J connectivity index is 2.00. The van der Waals surface area contributed by atoms with Gasteiger partial charge in [0.2, 0.25) is 5.91 Å².